The molecule has 3 N–H and O–H groups in total. The predicted molar refractivity (Wildman–Crippen MR) is 85.5 cm³/mol. The minimum Gasteiger partial charge on any atom is -0.391 e. The Hall–Kier alpha value is -1.50. The van der Waals surface area contributed by atoms with E-state index < -0.39 is 0 Å². The average Bonchev–Trinajstić information content (AvgIpc) is 2.48. The van der Waals surface area contributed by atoms with Gasteiger partial charge in [-0.15, -0.1) is 0 Å². The third-order valence-corrected chi connectivity index (χ3v) is 4.19. The Kier molecular flexibility index (Phi) is 5.67. The Labute approximate surface area is 130 Å². The third kappa shape index (κ3) is 4.23. The first kappa shape index (κ1) is 15.9. The Balaban J connectivity index is 1.88. The highest BCUT2D eigenvalue weighted by Crippen LogP contribution is 2.06. The number of hydrogen-bond donors (Lipinski definition) is 3. The number of thiocarbonyl (C=S) groups is 1. The van der Waals surface area contributed by atoms with Crippen molar-refractivity contribution in [1.29, 1.82) is 0 Å². The van der Waals surface area contributed by atoms with E-state index in [1.165, 1.54) is 4.90 Å². The van der Waals surface area contributed by atoms with Crippen molar-refractivity contribution in [2.24, 2.45) is 0 Å². The van der Waals surface area contributed by atoms with Crippen LogP contribution in [0.5, 0.6) is 0 Å². The molecule has 21 heavy (non-hydrogen) atoms. The van der Waals surface area contributed by atoms with Crippen molar-refractivity contribution in [2.45, 2.75) is 6.92 Å². The first-order valence-corrected chi connectivity index (χ1v) is 7.63. The largest absolute Gasteiger partial charge is 0.391 e. The van der Waals surface area contributed by atoms with Gasteiger partial charge in [-0.05, 0) is 30.8 Å². The molecule has 6 heteroatoms. The summed E-state index contributed by atoms with van der Waals surface area (Å²) in [6.45, 7) is 6.38. The van der Waals surface area contributed by atoms with Crippen LogP contribution in [-0.2, 0) is 0 Å². The number of aliphatic hydroxyl groups excluding tert-OH is 1. The summed E-state index contributed by atoms with van der Waals surface area (Å²) in [5.74, 6) is -0.150. The van der Waals surface area contributed by atoms with Crippen molar-refractivity contribution < 1.29 is 14.8 Å². The molecule has 5 nitrogen and oxygen atoms in total. The molecule has 2 rings (SSSR count). The summed E-state index contributed by atoms with van der Waals surface area (Å²) in [6, 6.07) is 7.47. The zero-order valence-electron chi connectivity index (χ0n) is 12.3. The molecule has 1 heterocycles. The first-order valence-electron chi connectivity index (χ1n) is 7.22. The van der Waals surface area contributed by atoms with Crippen LogP contribution in [0, 0.1) is 6.92 Å². The number of amides is 1. The van der Waals surface area contributed by atoms with E-state index in [9.17, 15) is 4.79 Å². The number of aliphatic hydroxyl groups is 1. The maximum Gasteiger partial charge on any atom is 0.257 e. The van der Waals surface area contributed by atoms with E-state index in [0.717, 1.165) is 38.3 Å². The Morgan fingerprint density at radius 2 is 2.05 bits per heavy atom. The molecule has 1 aromatic carbocycles. The highest BCUT2D eigenvalue weighted by atomic mass is 32.1. The topological polar surface area (TPSA) is 57.0 Å². The van der Waals surface area contributed by atoms with Crippen LogP contribution in [0.2, 0.25) is 0 Å². The van der Waals surface area contributed by atoms with Crippen LogP contribution in [0.1, 0.15) is 15.9 Å². The summed E-state index contributed by atoms with van der Waals surface area (Å²) >= 11 is 5.33. The van der Waals surface area contributed by atoms with Gasteiger partial charge in [0.25, 0.3) is 5.91 Å². The van der Waals surface area contributed by atoms with Crippen molar-refractivity contribution in [2.75, 3.05) is 39.3 Å². The number of piperazine rings is 1. The Morgan fingerprint density at radius 1 is 1.38 bits per heavy atom. The summed E-state index contributed by atoms with van der Waals surface area (Å²) in [5, 5.41) is 12.3. The molecule has 1 aliphatic heterocycles. The lowest BCUT2D eigenvalue weighted by Crippen LogP contribution is -3.15. The van der Waals surface area contributed by atoms with Gasteiger partial charge in [-0.2, -0.15) is 0 Å². The molecule has 114 valence electrons. The van der Waals surface area contributed by atoms with Crippen molar-refractivity contribution in [1.82, 2.24) is 10.2 Å². The highest BCUT2D eigenvalue weighted by molar-refractivity contribution is 7.80. The second kappa shape index (κ2) is 7.49. The maximum absolute atomic E-state index is 12.2. The predicted octanol–water partition coefficient (Wildman–Crippen LogP) is -0.797. The van der Waals surface area contributed by atoms with E-state index in [4.69, 9.17) is 17.3 Å². The molecule has 1 saturated heterocycles. The number of hydrogen-bond acceptors (Lipinski definition) is 3. The first-order chi connectivity index (χ1) is 10.1. The summed E-state index contributed by atoms with van der Waals surface area (Å²) in [5.41, 5.74) is 1.60. The molecule has 1 fully saturated rings. The fourth-order valence-electron chi connectivity index (χ4n) is 2.51. The molecule has 1 aliphatic rings. The fourth-order valence-corrected chi connectivity index (χ4v) is 2.78. The summed E-state index contributed by atoms with van der Waals surface area (Å²) in [7, 11) is 0. The zero-order chi connectivity index (χ0) is 15.2. The molecule has 0 unspecified atom stereocenters. The quantitative estimate of drug-likeness (QED) is 0.640. The number of aryl methyl sites for hydroxylation is 1. The van der Waals surface area contributed by atoms with Gasteiger partial charge in [0, 0.05) is 5.56 Å². The van der Waals surface area contributed by atoms with E-state index in [-0.39, 0.29) is 12.5 Å². The molecule has 1 amide bonds. The van der Waals surface area contributed by atoms with Crippen LogP contribution in [0.15, 0.2) is 24.3 Å². The van der Waals surface area contributed by atoms with Crippen LogP contribution in [0.3, 0.4) is 0 Å². The van der Waals surface area contributed by atoms with Crippen LogP contribution >= 0.6 is 12.2 Å². The normalized spacial score (nSPS) is 15.8. The van der Waals surface area contributed by atoms with Crippen LogP contribution < -0.4 is 10.2 Å². The van der Waals surface area contributed by atoms with Crippen LogP contribution in [0.4, 0.5) is 0 Å². The monoisotopic (exact) mass is 308 g/mol. The van der Waals surface area contributed by atoms with Crippen molar-refractivity contribution in [3.05, 3.63) is 35.4 Å². The lowest BCUT2D eigenvalue weighted by molar-refractivity contribution is -0.904. The second-order valence-electron chi connectivity index (χ2n) is 5.28. The summed E-state index contributed by atoms with van der Waals surface area (Å²) in [6.07, 6.45) is 0. The molecular weight excluding hydrogens is 286 g/mol. The molecule has 0 aliphatic carbocycles. The average molecular weight is 308 g/mol. The highest BCUT2D eigenvalue weighted by Gasteiger charge is 2.22. The molecular formula is C15H22N3O2S+. The van der Waals surface area contributed by atoms with Crippen LogP contribution in [-0.4, -0.2) is 60.4 Å². The number of nitrogens with zero attached hydrogens (tertiary/aromatic N) is 1. The molecule has 0 radical (unpaired) electrons. The standard InChI is InChI=1S/C15H21N3O2S/c1-12-4-2-3-5-13(12)14(20)16-15(21)18-8-6-17(7-9-18)10-11-19/h2-5,19H,6-11H2,1H3,(H,16,20,21)/p+1. The van der Waals surface area contributed by atoms with E-state index >= 15 is 0 Å². The number of carbonyl (C=O) groups excluding carboxylic acids is 1. The Morgan fingerprint density at radius 3 is 2.67 bits per heavy atom. The van der Waals surface area contributed by atoms with Gasteiger partial charge in [-0.25, -0.2) is 0 Å². The Bertz CT molecular complexity index is 513. The number of benzene rings is 1. The van der Waals surface area contributed by atoms with Gasteiger partial charge < -0.3 is 14.9 Å². The van der Waals surface area contributed by atoms with Crippen LogP contribution in [0.25, 0.3) is 0 Å². The van der Waals surface area contributed by atoms with Gasteiger partial charge in [0.15, 0.2) is 5.11 Å². The van der Waals surface area contributed by atoms with Gasteiger partial charge in [-0.3, -0.25) is 10.1 Å². The molecule has 1 aromatic rings. The molecule has 0 atom stereocenters. The van der Waals surface area contributed by atoms with E-state index in [0.29, 0.717) is 10.7 Å². The fraction of sp³-hybridized carbons (Fsp3) is 0.467. The molecule has 0 spiro atoms. The van der Waals surface area contributed by atoms with Crippen molar-refractivity contribution in [3.8, 4) is 0 Å². The number of nitrogens with one attached hydrogen (secondary N) is 2. The van der Waals surface area contributed by atoms with Gasteiger partial charge in [0.1, 0.15) is 6.54 Å². The number of quaternary nitrogens is 1. The van der Waals surface area contributed by atoms with Gasteiger partial charge in [0.05, 0.1) is 32.8 Å². The van der Waals surface area contributed by atoms with E-state index in [1.807, 2.05) is 30.0 Å². The minimum absolute atomic E-state index is 0.150. The lowest BCUT2D eigenvalue weighted by Gasteiger charge is -2.33. The molecule has 0 bridgehead atoms. The number of carbonyl (C=O) groups is 1. The SMILES string of the molecule is Cc1ccccc1C(=O)NC(=S)N1CC[NH+](CCO)CC1. The van der Waals surface area contributed by atoms with E-state index in [2.05, 4.69) is 5.32 Å². The third-order valence-electron chi connectivity index (χ3n) is 3.83. The zero-order valence-corrected chi connectivity index (χ0v) is 13.1. The molecule has 0 aromatic heterocycles. The van der Waals surface area contributed by atoms with Gasteiger partial charge in [-0.1, -0.05) is 18.2 Å². The van der Waals surface area contributed by atoms with Crippen molar-refractivity contribution in [3.63, 3.8) is 0 Å². The van der Waals surface area contributed by atoms with Crippen molar-refractivity contribution >= 4 is 23.2 Å². The maximum atomic E-state index is 12.2. The second-order valence-corrected chi connectivity index (χ2v) is 5.67. The van der Waals surface area contributed by atoms with Gasteiger partial charge >= 0.3 is 0 Å². The number of rotatable bonds is 3. The smallest absolute Gasteiger partial charge is 0.257 e. The molecule has 0 saturated carbocycles. The van der Waals surface area contributed by atoms with Gasteiger partial charge in [0.2, 0.25) is 0 Å². The lowest BCUT2D eigenvalue weighted by atomic mass is 10.1. The minimum atomic E-state index is -0.150. The van der Waals surface area contributed by atoms with E-state index in [1.54, 1.807) is 6.07 Å². The summed E-state index contributed by atoms with van der Waals surface area (Å²) in [4.78, 5) is 15.6. The summed E-state index contributed by atoms with van der Waals surface area (Å²) < 4.78 is 0.